The predicted molar refractivity (Wildman–Crippen MR) is 120 cm³/mol. The van der Waals surface area contributed by atoms with Crippen LogP contribution in [0.5, 0.6) is 11.5 Å². The van der Waals surface area contributed by atoms with E-state index in [0.29, 0.717) is 32.0 Å². The lowest BCUT2D eigenvalue weighted by molar-refractivity contribution is 0.391. The Bertz CT molecular complexity index is 684. The van der Waals surface area contributed by atoms with Crippen LogP contribution in [-0.4, -0.2) is 54.0 Å². The van der Waals surface area contributed by atoms with E-state index in [-0.39, 0.29) is 29.7 Å². The number of nitrogens with one attached hydrogen (secondary N) is 3. The number of nitrogens with zero attached hydrogens (tertiary/aromatic N) is 1. The molecule has 0 unspecified atom stereocenters. The molecule has 1 aromatic carbocycles. The second-order valence-electron chi connectivity index (χ2n) is 5.45. The van der Waals surface area contributed by atoms with E-state index in [0.717, 1.165) is 23.6 Å². The van der Waals surface area contributed by atoms with Crippen LogP contribution >= 0.6 is 24.0 Å². The number of sulfonamides is 1. The van der Waals surface area contributed by atoms with Crippen LogP contribution in [-0.2, 0) is 16.6 Å². The summed E-state index contributed by atoms with van der Waals surface area (Å²) >= 11 is 0. The predicted octanol–water partition coefficient (Wildman–Crippen LogP) is 1.71. The fraction of sp³-hybridized carbons (Fsp3) is 0.588. The van der Waals surface area contributed by atoms with E-state index in [1.807, 2.05) is 25.1 Å². The lowest BCUT2D eigenvalue weighted by Gasteiger charge is -2.13. The number of benzene rings is 1. The van der Waals surface area contributed by atoms with E-state index in [9.17, 15) is 8.42 Å². The first-order valence-electron chi connectivity index (χ1n) is 8.66. The van der Waals surface area contributed by atoms with Crippen LogP contribution in [0.2, 0.25) is 0 Å². The largest absolute Gasteiger partial charge is 0.497 e. The fourth-order valence-corrected chi connectivity index (χ4v) is 2.77. The van der Waals surface area contributed by atoms with Gasteiger partial charge in [0.2, 0.25) is 10.0 Å². The van der Waals surface area contributed by atoms with Crippen LogP contribution in [0.4, 0.5) is 0 Å². The normalized spacial score (nSPS) is 11.5. The molecule has 0 aliphatic carbocycles. The third kappa shape index (κ3) is 10.0. The van der Waals surface area contributed by atoms with Crippen molar-refractivity contribution < 1.29 is 17.9 Å². The lowest BCUT2D eigenvalue weighted by Crippen LogP contribution is -2.38. The summed E-state index contributed by atoms with van der Waals surface area (Å²) in [7, 11) is 0.0875. The molecule has 156 valence electrons. The van der Waals surface area contributed by atoms with E-state index in [2.05, 4.69) is 20.3 Å². The first kappa shape index (κ1) is 25.7. The molecule has 3 N–H and O–H groups in total. The Hall–Kier alpha value is -1.27. The average molecular weight is 514 g/mol. The van der Waals surface area contributed by atoms with E-state index >= 15 is 0 Å². The molecule has 0 heterocycles. The summed E-state index contributed by atoms with van der Waals surface area (Å²) in [5.74, 6) is 2.21. The Morgan fingerprint density at radius 3 is 2.44 bits per heavy atom. The Morgan fingerprint density at radius 1 is 1.11 bits per heavy atom. The maximum atomic E-state index is 11.4. The van der Waals surface area contributed by atoms with Crippen LogP contribution in [0.3, 0.4) is 0 Å². The monoisotopic (exact) mass is 514 g/mol. The molecule has 0 aromatic heterocycles. The summed E-state index contributed by atoms with van der Waals surface area (Å²) in [6.45, 7) is 5.79. The molecule has 0 amide bonds. The summed E-state index contributed by atoms with van der Waals surface area (Å²) in [5.41, 5.74) is 0.946. The maximum absolute atomic E-state index is 11.4. The fourth-order valence-electron chi connectivity index (χ4n) is 2.11. The van der Waals surface area contributed by atoms with Crippen molar-refractivity contribution >= 4 is 40.0 Å². The Kier molecular flexibility index (Phi) is 13.2. The van der Waals surface area contributed by atoms with Gasteiger partial charge in [-0.25, -0.2) is 18.1 Å². The second-order valence-corrected chi connectivity index (χ2v) is 7.55. The average Bonchev–Trinajstić information content (AvgIpc) is 2.65. The maximum Gasteiger partial charge on any atom is 0.211 e. The van der Waals surface area contributed by atoms with E-state index in [1.54, 1.807) is 21.1 Å². The number of aliphatic imine (C=N–C) groups is 1. The Morgan fingerprint density at radius 2 is 1.85 bits per heavy atom. The third-order valence-electron chi connectivity index (χ3n) is 3.59. The SMILES string of the molecule is CCNC(=NCc1ccc(OC)cc1OC)NCCCNS(=O)(=O)CC.I. The van der Waals surface area contributed by atoms with Crippen LogP contribution < -0.4 is 24.8 Å². The van der Waals surface area contributed by atoms with Gasteiger partial charge in [-0.05, 0) is 32.4 Å². The molecule has 1 aromatic rings. The molecule has 0 fully saturated rings. The molecule has 0 aliphatic heterocycles. The van der Waals surface area contributed by atoms with Gasteiger partial charge >= 0.3 is 0 Å². The Labute approximate surface area is 179 Å². The molecule has 27 heavy (non-hydrogen) atoms. The van der Waals surface area contributed by atoms with Crippen molar-refractivity contribution in [1.29, 1.82) is 0 Å². The number of guanidine groups is 1. The van der Waals surface area contributed by atoms with Crippen LogP contribution in [0.1, 0.15) is 25.8 Å². The van der Waals surface area contributed by atoms with E-state index in [4.69, 9.17) is 9.47 Å². The van der Waals surface area contributed by atoms with Gasteiger partial charge in [0.05, 0.1) is 26.5 Å². The highest BCUT2D eigenvalue weighted by Crippen LogP contribution is 2.25. The molecule has 0 aliphatic rings. The standard InChI is InChI=1S/C17H30N4O4S.HI/c1-5-18-17(19-10-7-11-21-26(22,23)6-2)20-13-14-8-9-15(24-3)12-16(14)25-4;/h8-9,12,21H,5-7,10-11,13H2,1-4H3,(H2,18,19,20);1H. The first-order valence-corrected chi connectivity index (χ1v) is 10.3. The van der Waals surface area contributed by atoms with Crippen LogP contribution in [0.15, 0.2) is 23.2 Å². The van der Waals surface area contributed by atoms with Gasteiger partial charge in [-0.3, -0.25) is 0 Å². The van der Waals surface area contributed by atoms with Gasteiger partial charge in [0, 0.05) is 31.3 Å². The van der Waals surface area contributed by atoms with Gasteiger partial charge in [0.15, 0.2) is 5.96 Å². The number of rotatable bonds is 11. The molecule has 0 spiro atoms. The van der Waals surface area contributed by atoms with E-state index < -0.39 is 10.0 Å². The van der Waals surface area contributed by atoms with Gasteiger partial charge < -0.3 is 20.1 Å². The van der Waals surface area contributed by atoms with Crippen molar-refractivity contribution in [3.8, 4) is 11.5 Å². The zero-order valence-corrected chi connectivity index (χ0v) is 19.5. The van der Waals surface area contributed by atoms with Crippen molar-refractivity contribution in [2.75, 3.05) is 39.6 Å². The van der Waals surface area contributed by atoms with Crippen molar-refractivity contribution in [2.24, 2.45) is 4.99 Å². The summed E-state index contributed by atoms with van der Waals surface area (Å²) in [5, 5.41) is 6.36. The zero-order chi connectivity index (χ0) is 19.4. The highest BCUT2D eigenvalue weighted by Gasteiger charge is 2.06. The van der Waals surface area contributed by atoms with Gasteiger partial charge in [-0.15, -0.1) is 24.0 Å². The van der Waals surface area contributed by atoms with Gasteiger partial charge in [-0.1, -0.05) is 0 Å². The van der Waals surface area contributed by atoms with Crippen molar-refractivity contribution in [2.45, 2.75) is 26.8 Å². The molecule has 8 nitrogen and oxygen atoms in total. The molecule has 1 rings (SSSR count). The van der Waals surface area contributed by atoms with Gasteiger partial charge in [0.25, 0.3) is 0 Å². The molecule has 10 heteroatoms. The smallest absolute Gasteiger partial charge is 0.211 e. The molecule has 0 radical (unpaired) electrons. The summed E-state index contributed by atoms with van der Waals surface area (Å²) in [4.78, 5) is 4.55. The minimum absolute atomic E-state index is 0. The summed E-state index contributed by atoms with van der Waals surface area (Å²) < 4.78 is 35.9. The first-order chi connectivity index (χ1) is 12.5. The van der Waals surface area contributed by atoms with Gasteiger partial charge in [0.1, 0.15) is 11.5 Å². The van der Waals surface area contributed by atoms with Crippen molar-refractivity contribution in [1.82, 2.24) is 15.4 Å². The minimum Gasteiger partial charge on any atom is -0.497 e. The highest BCUT2D eigenvalue weighted by molar-refractivity contribution is 14.0. The number of halogens is 1. The number of methoxy groups -OCH3 is 2. The number of ether oxygens (including phenoxy) is 2. The quantitative estimate of drug-likeness (QED) is 0.180. The molecular weight excluding hydrogens is 483 g/mol. The topological polar surface area (TPSA) is 101 Å². The number of hydrogen-bond acceptors (Lipinski definition) is 5. The highest BCUT2D eigenvalue weighted by atomic mass is 127. The van der Waals surface area contributed by atoms with Crippen molar-refractivity contribution in [3.63, 3.8) is 0 Å². The van der Waals surface area contributed by atoms with Crippen LogP contribution in [0.25, 0.3) is 0 Å². The lowest BCUT2D eigenvalue weighted by atomic mass is 10.2. The minimum atomic E-state index is -3.14. The molecular formula is C17H31IN4O4S. The molecule has 0 bridgehead atoms. The molecule has 0 atom stereocenters. The number of hydrogen-bond donors (Lipinski definition) is 3. The molecule has 0 saturated heterocycles. The third-order valence-corrected chi connectivity index (χ3v) is 5.00. The van der Waals surface area contributed by atoms with Crippen LogP contribution in [0, 0.1) is 0 Å². The summed E-state index contributed by atoms with van der Waals surface area (Å²) in [6.07, 6.45) is 0.662. The summed E-state index contributed by atoms with van der Waals surface area (Å²) in [6, 6.07) is 5.61. The van der Waals surface area contributed by atoms with Gasteiger partial charge in [-0.2, -0.15) is 0 Å². The second kappa shape index (κ2) is 13.8. The van der Waals surface area contributed by atoms with Crippen molar-refractivity contribution in [3.05, 3.63) is 23.8 Å². The Balaban J connectivity index is 0.00000676. The zero-order valence-electron chi connectivity index (χ0n) is 16.4. The molecule has 0 saturated carbocycles. The van der Waals surface area contributed by atoms with E-state index in [1.165, 1.54) is 0 Å².